The number of carbonyl (C=O) groups is 1. The van der Waals surface area contributed by atoms with E-state index in [0.29, 0.717) is 24.7 Å². The smallest absolute Gasteiger partial charge is 0.225 e. The van der Waals surface area contributed by atoms with Crippen LogP contribution in [0.25, 0.3) is 0 Å². The van der Waals surface area contributed by atoms with Crippen molar-refractivity contribution in [1.82, 2.24) is 0 Å². The average Bonchev–Trinajstić information content (AvgIpc) is 2.78. The third-order valence-electron chi connectivity index (χ3n) is 5.35. The molecule has 4 rings (SSSR count). The molecule has 1 saturated heterocycles. The molecule has 2 aromatic rings. The zero-order valence-corrected chi connectivity index (χ0v) is 17.6. The number of rotatable bonds is 6. The fraction of sp³-hybridized carbons (Fsp3) is 0.409. The Kier molecular flexibility index (Phi) is 6.13. The van der Waals surface area contributed by atoms with Crippen molar-refractivity contribution in [3.8, 4) is 11.5 Å². The molecule has 2 aliphatic rings. The predicted octanol–water partition coefficient (Wildman–Crippen LogP) is 3.25. The molecule has 0 radical (unpaired) electrons. The van der Waals surface area contributed by atoms with Gasteiger partial charge in [0.2, 0.25) is 5.91 Å². The summed E-state index contributed by atoms with van der Waals surface area (Å²) in [6.07, 6.45) is 3.37. The molecular weight excluding hydrogens is 404 g/mol. The van der Waals surface area contributed by atoms with Crippen LogP contribution in [-0.4, -0.2) is 46.4 Å². The molecule has 0 saturated carbocycles. The second-order valence-corrected chi connectivity index (χ2v) is 9.60. The summed E-state index contributed by atoms with van der Waals surface area (Å²) in [6, 6.07) is 12.2. The van der Waals surface area contributed by atoms with Gasteiger partial charge in [-0.05, 0) is 43.5 Å². The molecule has 2 aromatic carbocycles. The fourth-order valence-electron chi connectivity index (χ4n) is 3.76. The lowest BCUT2D eigenvalue weighted by molar-refractivity contribution is -0.115. The molecule has 8 heteroatoms. The van der Waals surface area contributed by atoms with Crippen molar-refractivity contribution in [3.63, 3.8) is 0 Å². The van der Waals surface area contributed by atoms with Crippen molar-refractivity contribution < 1.29 is 22.7 Å². The van der Waals surface area contributed by atoms with Crippen LogP contribution in [0, 0.1) is 0 Å². The van der Waals surface area contributed by atoms with Gasteiger partial charge >= 0.3 is 0 Å². The van der Waals surface area contributed by atoms with Gasteiger partial charge in [-0.3, -0.25) is 4.79 Å². The molecule has 0 atom stereocenters. The second kappa shape index (κ2) is 8.95. The van der Waals surface area contributed by atoms with Crippen LogP contribution in [0.15, 0.2) is 47.4 Å². The monoisotopic (exact) mass is 430 g/mol. The number of sulfone groups is 1. The van der Waals surface area contributed by atoms with Crippen molar-refractivity contribution in [3.05, 3.63) is 42.5 Å². The van der Waals surface area contributed by atoms with Crippen LogP contribution in [0.2, 0.25) is 0 Å². The molecule has 30 heavy (non-hydrogen) atoms. The Labute approximate surface area is 176 Å². The first kappa shape index (κ1) is 20.5. The number of hydrogen-bond donors (Lipinski definition) is 1. The first-order valence-electron chi connectivity index (χ1n) is 10.3. The van der Waals surface area contributed by atoms with E-state index in [1.165, 1.54) is 18.6 Å². The van der Waals surface area contributed by atoms with Gasteiger partial charge in [0.1, 0.15) is 13.2 Å². The van der Waals surface area contributed by atoms with E-state index in [-0.39, 0.29) is 23.0 Å². The van der Waals surface area contributed by atoms with Gasteiger partial charge < -0.3 is 19.7 Å². The number of fused-ring (bicyclic) bond motifs is 1. The molecule has 0 aromatic heterocycles. The van der Waals surface area contributed by atoms with Crippen molar-refractivity contribution in [2.24, 2.45) is 0 Å². The standard InChI is InChI=1S/C22H26N2O5S/c25-22(23-18-6-2-3-7-19(18)24-11-4-1-5-12-24)10-15-30(26,27)17-8-9-20-21(16-17)29-14-13-28-20/h2-3,6-9,16H,1,4-5,10-15H2,(H,23,25). The summed E-state index contributed by atoms with van der Waals surface area (Å²) in [5.74, 6) is 0.361. The maximum Gasteiger partial charge on any atom is 0.225 e. The van der Waals surface area contributed by atoms with Gasteiger partial charge in [-0.2, -0.15) is 0 Å². The number of amides is 1. The summed E-state index contributed by atoms with van der Waals surface area (Å²) < 4.78 is 36.3. The maximum absolute atomic E-state index is 12.7. The Hall–Kier alpha value is -2.74. The van der Waals surface area contributed by atoms with Gasteiger partial charge in [0.25, 0.3) is 0 Å². The molecule has 7 nitrogen and oxygen atoms in total. The summed E-state index contributed by atoms with van der Waals surface area (Å²) in [7, 11) is -3.62. The number of ether oxygens (including phenoxy) is 2. The quantitative estimate of drug-likeness (QED) is 0.757. The van der Waals surface area contributed by atoms with E-state index in [1.807, 2.05) is 24.3 Å². The molecule has 1 fully saturated rings. The van der Waals surface area contributed by atoms with Gasteiger partial charge in [0.05, 0.1) is 22.0 Å². The minimum absolute atomic E-state index is 0.120. The normalized spacial score (nSPS) is 16.2. The van der Waals surface area contributed by atoms with E-state index in [0.717, 1.165) is 37.3 Å². The van der Waals surface area contributed by atoms with E-state index in [2.05, 4.69) is 10.2 Å². The Bertz CT molecular complexity index is 1020. The third kappa shape index (κ3) is 4.70. The molecular formula is C22H26N2O5S. The number of hydrogen-bond acceptors (Lipinski definition) is 6. The lowest BCUT2D eigenvalue weighted by Crippen LogP contribution is -2.30. The largest absolute Gasteiger partial charge is 0.486 e. The third-order valence-corrected chi connectivity index (χ3v) is 7.06. The topological polar surface area (TPSA) is 84.9 Å². The maximum atomic E-state index is 12.7. The molecule has 1 N–H and O–H groups in total. The van der Waals surface area contributed by atoms with Crippen molar-refractivity contribution in [2.75, 3.05) is 42.3 Å². The Balaban J connectivity index is 1.40. The Morgan fingerprint density at radius 3 is 2.50 bits per heavy atom. The predicted molar refractivity (Wildman–Crippen MR) is 115 cm³/mol. The summed E-state index contributed by atoms with van der Waals surface area (Å²) in [5.41, 5.74) is 1.71. The average molecular weight is 431 g/mol. The molecule has 0 bridgehead atoms. The first-order chi connectivity index (χ1) is 14.5. The molecule has 0 aliphatic carbocycles. The molecule has 1 amide bonds. The number of para-hydroxylation sites is 2. The van der Waals surface area contributed by atoms with Crippen molar-refractivity contribution in [2.45, 2.75) is 30.6 Å². The number of piperidine rings is 1. The van der Waals surface area contributed by atoms with Crippen molar-refractivity contribution >= 4 is 27.1 Å². The van der Waals surface area contributed by atoms with E-state index in [9.17, 15) is 13.2 Å². The number of nitrogens with one attached hydrogen (secondary N) is 1. The van der Waals surface area contributed by atoms with E-state index in [1.54, 1.807) is 6.07 Å². The van der Waals surface area contributed by atoms with Crippen LogP contribution >= 0.6 is 0 Å². The first-order valence-corrected chi connectivity index (χ1v) is 11.9. The Morgan fingerprint density at radius 1 is 0.967 bits per heavy atom. The highest BCUT2D eigenvalue weighted by Crippen LogP contribution is 2.33. The van der Waals surface area contributed by atoms with E-state index >= 15 is 0 Å². The number of nitrogens with zero attached hydrogens (tertiary/aromatic N) is 1. The highest BCUT2D eigenvalue weighted by Gasteiger charge is 2.21. The van der Waals surface area contributed by atoms with E-state index in [4.69, 9.17) is 9.47 Å². The summed E-state index contributed by atoms with van der Waals surface area (Å²) in [4.78, 5) is 14.9. The molecule has 2 aliphatic heterocycles. The number of carbonyl (C=O) groups excluding carboxylic acids is 1. The summed E-state index contributed by atoms with van der Waals surface area (Å²) in [6.45, 7) is 2.75. The second-order valence-electron chi connectivity index (χ2n) is 7.49. The van der Waals surface area contributed by atoms with Crippen LogP contribution in [0.5, 0.6) is 11.5 Å². The molecule has 0 spiro atoms. The van der Waals surface area contributed by atoms with Crippen LogP contribution in [0.4, 0.5) is 11.4 Å². The SMILES string of the molecule is O=C(CCS(=O)(=O)c1ccc2c(c1)OCCO2)Nc1ccccc1N1CCCCC1. The minimum atomic E-state index is -3.62. The van der Waals surface area contributed by atoms with E-state index < -0.39 is 9.84 Å². The Morgan fingerprint density at radius 2 is 1.70 bits per heavy atom. The lowest BCUT2D eigenvalue weighted by atomic mass is 10.1. The zero-order chi connectivity index (χ0) is 21.0. The summed E-state index contributed by atoms with van der Waals surface area (Å²) >= 11 is 0. The minimum Gasteiger partial charge on any atom is -0.486 e. The number of anilines is 2. The summed E-state index contributed by atoms with van der Waals surface area (Å²) in [5, 5.41) is 2.89. The van der Waals surface area contributed by atoms with Crippen LogP contribution in [-0.2, 0) is 14.6 Å². The van der Waals surface area contributed by atoms with Crippen LogP contribution in [0.3, 0.4) is 0 Å². The highest BCUT2D eigenvalue weighted by molar-refractivity contribution is 7.91. The van der Waals surface area contributed by atoms with Gasteiger partial charge in [-0.25, -0.2) is 8.42 Å². The molecule has 0 unspecified atom stereocenters. The van der Waals surface area contributed by atoms with Gasteiger partial charge in [-0.1, -0.05) is 12.1 Å². The van der Waals surface area contributed by atoms with Gasteiger partial charge in [-0.15, -0.1) is 0 Å². The van der Waals surface area contributed by atoms with Crippen LogP contribution in [0.1, 0.15) is 25.7 Å². The highest BCUT2D eigenvalue weighted by atomic mass is 32.2. The number of benzene rings is 2. The van der Waals surface area contributed by atoms with Crippen molar-refractivity contribution in [1.29, 1.82) is 0 Å². The lowest BCUT2D eigenvalue weighted by Gasteiger charge is -2.30. The van der Waals surface area contributed by atoms with Gasteiger partial charge in [0, 0.05) is 25.6 Å². The molecule has 2 heterocycles. The fourth-order valence-corrected chi connectivity index (χ4v) is 5.02. The van der Waals surface area contributed by atoms with Gasteiger partial charge in [0.15, 0.2) is 21.3 Å². The zero-order valence-electron chi connectivity index (χ0n) is 16.8. The van der Waals surface area contributed by atoms with Crippen LogP contribution < -0.4 is 19.7 Å². The molecule has 160 valence electrons.